The Bertz CT molecular complexity index is 914. The average molecular weight is 373 g/mol. The number of carbonyl (C=O) groups excluding carboxylic acids is 1. The van der Waals surface area contributed by atoms with Gasteiger partial charge in [-0.25, -0.2) is 4.79 Å². The second-order valence-electron chi connectivity index (χ2n) is 7.73. The van der Waals surface area contributed by atoms with Crippen LogP contribution < -0.4 is 5.32 Å². The predicted molar refractivity (Wildman–Crippen MR) is 107 cm³/mol. The standard InChI is InChI=1S/C23H23N3O2/c27-23(24-21-16-25-11-8-18(21)9-12-25)26-13-10-22-19(15-26)14-20(28-22)7-6-17-4-2-1-3-5-17/h1-5,10,13-15,18,21-22H,8-9,11-12,16H2,(H,24,27)/t21-,22?/m0/s1. The van der Waals surface area contributed by atoms with Gasteiger partial charge in [0.15, 0.2) is 5.76 Å². The first-order chi connectivity index (χ1) is 13.7. The summed E-state index contributed by atoms with van der Waals surface area (Å²) in [6, 6.07) is 10.0. The molecule has 5 aliphatic rings. The minimum atomic E-state index is -0.166. The number of carbonyl (C=O) groups is 1. The van der Waals surface area contributed by atoms with Gasteiger partial charge in [-0.2, -0.15) is 0 Å². The molecular weight excluding hydrogens is 350 g/mol. The molecule has 5 nitrogen and oxygen atoms in total. The van der Waals surface area contributed by atoms with E-state index < -0.39 is 0 Å². The Labute approximate surface area is 165 Å². The first-order valence-corrected chi connectivity index (χ1v) is 9.91. The molecule has 1 aromatic rings. The van der Waals surface area contributed by atoms with Crippen molar-refractivity contribution >= 4 is 6.03 Å². The van der Waals surface area contributed by atoms with Gasteiger partial charge in [-0.15, -0.1) is 0 Å². The summed E-state index contributed by atoms with van der Waals surface area (Å²) in [6.07, 6.45) is 9.65. The summed E-state index contributed by atoms with van der Waals surface area (Å²) in [6.45, 7) is 3.30. The summed E-state index contributed by atoms with van der Waals surface area (Å²) in [7, 11) is 0. The molecule has 0 spiro atoms. The quantitative estimate of drug-likeness (QED) is 0.770. The molecule has 1 aromatic carbocycles. The van der Waals surface area contributed by atoms with Crippen LogP contribution in [0.5, 0.6) is 0 Å². The Morgan fingerprint density at radius 3 is 2.71 bits per heavy atom. The maximum absolute atomic E-state index is 12.7. The van der Waals surface area contributed by atoms with Crippen LogP contribution >= 0.6 is 0 Å². The monoisotopic (exact) mass is 373 g/mol. The van der Waals surface area contributed by atoms with E-state index in [1.807, 2.05) is 48.7 Å². The van der Waals surface area contributed by atoms with Crippen molar-refractivity contribution in [2.75, 3.05) is 19.6 Å². The van der Waals surface area contributed by atoms with Crippen LogP contribution in [-0.4, -0.2) is 47.6 Å². The van der Waals surface area contributed by atoms with E-state index in [0.717, 1.165) is 17.7 Å². The minimum absolute atomic E-state index is 0.0711. The third-order valence-electron chi connectivity index (χ3n) is 5.89. The summed E-state index contributed by atoms with van der Waals surface area (Å²) in [5, 5.41) is 3.22. The molecule has 3 fully saturated rings. The fourth-order valence-corrected chi connectivity index (χ4v) is 4.32. The zero-order valence-electron chi connectivity index (χ0n) is 15.7. The van der Waals surface area contributed by atoms with Crippen LogP contribution in [0.4, 0.5) is 4.79 Å². The van der Waals surface area contributed by atoms with Gasteiger partial charge in [0.1, 0.15) is 6.10 Å². The van der Waals surface area contributed by atoms with Gasteiger partial charge in [0, 0.05) is 36.1 Å². The topological polar surface area (TPSA) is 44.8 Å². The minimum Gasteiger partial charge on any atom is -0.473 e. The Morgan fingerprint density at radius 1 is 1.14 bits per heavy atom. The molecule has 2 amide bonds. The first kappa shape index (κ1) is 17.2. The number of fused-ring (bicyclic) bond motifs is 4. The maximum atomic E-state index is 12.7. The predicted octanol–water partition coefficient (Wildman–Crippen LogP) is 2.84. The fraction of sp³-hybridized carbons (Fsp3) is 0.348. The number of rotatable bonds is 1. The van der Waals surface area contributed by atoms with E-state index in [9.17, 15) is 4.79 Å². The van der Waals surface area contributed by atoms with Crippen molar-refractivity contribution in [3.8, 4) is 11.8 Å². The van der Waals surface area contributed by atoms with E-state index in [4.69, 9.17) is 4.74 Å². The molecule has 0 aliphatic carbocycles. The highest BCUT2D eigenvalue weighted by Crippen LogP contribution is 2.29. The second kappa shape index (κ2) is 7.21. The van der Waals surface area contributed by atoms with Gasteiger partial charge in [-0.3, -0.25) is 4.90 Å². The number of piperidine rings is 3. The van der Waals surface area contributed by atoms with Gasteiger partial charge in [-0.05, 0) is 62.1 Å². The molecule has 142 valence electrons. The summed E-state index contributed by atoms with van der Waals surface area (Å²) in [5.74, 6) is 7.42. The Morgan fingerprint density at radius 2 is 1.96 bits per heavy atom. The van der Waals surface area contributed by atoms with Gasteiger partial charge in [0.2, 0.25) is 0 Å². The van der Waals surface area contributed by atoms with Crippen LogP contribution in [0.1, 0.15) is 18.4 Å². The highest BCUT2D eigenvalue weighted by Gasteiger charge is 2.35. The van der Waals surface area contributed by atoms with Crippen LogP contribution in [0.2, 0.25) is 0 Å². The molecule has 6 rings (SSSR count). The number of benzene rings is 1. The average Bonchev–Trinajstić information content (AvgIpc) is 3.16. The second-order valence-corrected chi connectivity index (χ2v) is 7.73. The molecule has 0 radical (unpaired) electrons. The Hall–Kier alpha value is -2.97. The highest BCUT2D eigenvalue weighted by atomic mass is 16.5. The summed E-state index contributed by atoms with van der Waals surface area (Å²) in [4.78, 5) is 16.8. The molecule has 5 heteroatoms. The van der Waals surface area contributed by atoms with Gasteiger partial charge in [-0.1, -0.05) is 24.1 Å². The van der Waals surface area contributed by atoms with Crippen molar-refractivity contribution in [2.24, 2.45) is 5.92 Å². The van der Waals surface area contributed by atoms with E-state index in [0.29, 0.717) is 11.7 Å². The summed E-state index contributed by atoms with van der Waals surface area (Å²) < 4.78 is 5.87. The van der Waals surface area contributed by atoms with Gasteiger partial charge >= 0.3 is 6.03 Å². The SMILES string of the molecule is O=C(N[C@H]1CN2CCC1CC2)N1C=CC2OC(C#Cc3ccccc3)=CC2=C1. The van der Waals surface area contributed by atoms with Crippen LogP contribution in [0, 0.1) is 17.8 Å². The largest absolute Gasteiger partial charge is 0.473 e. The lowest BCUT2D eigenvalue weighted by Gasteiger charge is -2.45. The van der Waals surface area contributed by atoms with E-state index in [1.165, 1.54) is 25.9 Å². The van der Waals surface area contributed by atoms with Gasteiger partial charge in [0.05, 0.1) is 0 Å². The number of ether oxygens (including phenoxy) is 1. The van der Waals surface area contributed by atoms with Crippen molar-refractivity contribution in [3.63, 3.8) is 0 Å². The molecule has 5 aliphatic heterocycles. The van der Waals surface area contributed by atoms with Crippen molar-refractivity contribution in [3.05, 3.63) is 71.8 Å². The van der Waals surface area contributed by atoms with Gasteiger partial charge in [0.25, 0.3) is 0 Å². The van der Waals surface area contributed by atoms with E-state index in [-0.39, 0.29) is 18.2 Å². The molecule has 5 heterocycles. The van der Waals surface area contributed by atoms with E-state index in [1.54, 1.807) is 11.1 Å². The zero-order chi connectivity index (χ0) is 18.9. The van der Waals surface area contributed by atoms with Crippen LogP contribution in [0.25, 0.3) is 0 Å². The molecule has 1 unspecified atom stereocenters. The number of nitrogens with zero attached hydrogens (tertiary/aromatic N) is 2. The third kappa shape index (κ3) is 3.44. The molecule has 0 aromatic heterocycles. The number of urea groups is 1. The molecule has 0 saturated carbocycles. The maximum Gasteiger partial charge on any atom is 0.325 e. The van der Waals surface area contributed by atoms with E-state index in [2.05, 4.69) is 22.1 Å². The van der Waals surface area contributed by atoms with Crippen LogP contribution in [0.15, 0.2) is 66.2 Å². The third-order valence-corrected chi connectivity index (χ3v) is 5.89. The summed E-state index contributed by atoms with van der Waals surface area (Å²) >= 11 is 0. The molecule has 1 N–H and O–H groups in total. The van der Waals surface area contributed by atoms with Crippen molar-refractivity contribution in [1.82, 2.24) is 15.1 Å². The molecule has 28 heavy (non-hydrogen) atoms. The number of nitrogens with one attached hydrogen (secondary N) is 1. The Kier molecular flexibility index (Phi) is 4.42. The number of amides is 2. The van der Waals surface area contributed by atoms with Crippen molar-refractivity contribution in [1.29, 1.82) is 0 Å². The molecule has 2 bridgehead atoms. The first-order valence-electron chi connectivity index (χ1n) is 9.91. The lowest BCUT2D eigenvalue weighted by atomic mass is 9.84. The van der Waals surface area contributed by atoms with Crippen molar-refractivity contribution in [2.45, 2.75) is 25.0 Å². The number of hydrogen-bond acceptors (Lipinski definition) is 3. The molecule has 3 saturated heterocycles. The zero-order valence-corrected chi connectivity index (χ0v) is 15.7. The van der Waals surface area contributed by atoms with Crippen LogP contribution in [0.3, 0.4) is 0 Å². The van der Waals surface area contributed by atoms with Gasteiger partial charge < -0.3 is 15.0 Å². The smallest absolute Gasteiger partial charge is 0.325 e. The normalized spacial score (nSPS) is 29.8. The van der Waals surface area contributed by atoms with Crippen LogP contribution in [-0.2, 0) is 4.74 Å². The lowest BCUT2D eigenvalue weighted by Crippen LogP contribution is -2.58. The van der Waals surface area contributed by atoms with Crippen molar-refractivity contribution < 1.29 is 9.53 Å². The highest BCUT2D eigenvalue weighted by molar-refractivity contribution is 5.77. The fourth-order valence-electron chi connectivity index (χ4n) is 4.32. The lowest BCUT2D eigenvalue weighted by molar-refractivity contribution is 0.0751. The number of hydrogen-bond donors (Lipinski definition) is 1. The number of allylic oxidation sites excluding steroid dienone is 1. The Balaban J connectivity index is 1.26. The molecular formula is C23H23N3O2. The van der Waals surface area contributed by atoms with E-state index >= 15 is 0 Å². The summed E-state index contributed by atoms with van der Waals surface area (Å²) in [5.41, 5.74) is 1.90. The molecule has 2 atom stereocenters.